The summed E-state index contributed by atoms with van der Waals surface area (Å²) in [6, 6.07) is 8.20. The Morgan fingerprint density at radius 2 is 2.10 bits per heavy atom. The maximum Gasteiger partial charge on any atom is 0.124 e. The van der Waals surface area contributed by atoms with Crippen LogP contribution in [0.1, 0.15) is 29.3 Å². The number of aryl methyl sites for hydroxylation is 1. The van der Waals surface area contributed by atoms with Crippen LogP contribution in [0.3, 0.4) is 0 Å². The monoisotopic (exact) mass is 290 g/mol. The van der Waals surface area contributed by atoms with E-state index in [-0.39, 0.29) is 0 Å². The summed E-state index contributed by atoms with van der Waals surface area (Å²) >= 11 is 1.68. The summed E-state index contributed by atoms with van der Waals surface area (Å²) in [7, 11) is 0. The highest BCUT2D eigenvalue weighted by molar-refractivity contribution is 7.11. The highest BCUT2D eigenvalue weighted by Crippen LogP contribution is 2.21. The average molecular weight is 290 g/mol. The molecule has 0 spiro atoms. The van der Waals surface area contributed by atoms with Crippen molar-refractivity contribution in [1.29, 1.82) is 0 Å². The zero-order chi connectivity index (χ0) is 14.4. The van der Waals surface area contributed by atoms with Crippen molar-refractivity contribution in [2.45, 2.75) is 33.9 Å². The van der Waals surface area contributed by atoms with Crippen LogP contribution >= 0.6 is 11.3 Å². The zero-order valence-electron chi connectivity index (χ0n) is 12.3. The first-order chi connectivity index (χ1) is 9.65. The van der Waals surface area contributed by atoms with Gasteiger partial charge >= 0.3 is 0 Å². The van der Waals surface area contributed by atoms with Crippen LogP contribution in [0.25, 0.3) is 0 Å². The Balaban J connectivity index is 1.93. The van der Waals surface area contributed by atoms with Crippen LogP contribution in [-0.4, -0.2) is 11.5 Å². The van der Waals surface area contributed by atoms with Crippen molar-refractivity contribution < 1.29 is 4.74 Å². The molecular formula is C16H22N2OS. The SMILES string of the molecule is Cc1ncc(COc2ccccc2CNCC(C)C)s1. The third-order valence-electron chi connectivity index (χ3n) is 2.88. The highest BCUT2D eigenvalue weighted by Gasteiger charge is 2.05. The highest BCUT2D eigenvalue weighted by atomic mass is 32.1. The van der Waals surface area contributed by atoms with Gasteiger partial charge in [0.2, 0.25) is 0 Å². The van der Waals surface area contributed by atoms with E-state index in [9.17, 15) is 0 Å². The minimum absolute atomic E-state index is 0.590. The smallest absolute Gasteiger partial charge is 0.124 e. The van der Waals surface area contributed by atoms with E-state index in [4.69, 9.17) is 4.74 Å². The normalized spacial score (nSPS) is 11.0. The van der Waals surface area contributed by atoms with Gasteiger partial charge in [0.15, 0.2) is 0 Å². The third-order valence-corrected chi connectivity index (χ3v) is 3.77. The fourth-order valence-corrected chi connectivity index (χ4v) is 2.62. The Morgan fingerprint density at radius 1 is 1.30 bits per heavy atom. The summed E-state index contributed by atoms with van der Waals surface area (Å²) in [6.07, 6.45) is 1.89. The Bertz CT molecular complexity index is 537. The Labute approximate surface area is 125 Å². The lowest BCUT2D eigenvalue weighted by atomic mass is 10.2. The van der Waals surface area contributed by atoms with Crippen LogP contribution in [0, 0.1) is 12.8 Å². The largest absolute Gasteiger partial charge is 0.488 e. The molecule has 0 aliphatic carbocycles. The van der Waals surface area contributed by atoms with Crippen molar-refractivity contribution >= 4 is 11.3 Å². The predicted octanol–water partition coefficient (Wildman–Crippen LogP) is 3.78. The van der Waals surface area contributed by atoms with Crippen molar-refractivity contribution in [1.82, 2.24) is 10.3 Å². The molecular weight excluding hydrogens is 268 g/mol. The van der Waals surface area contributed by atoms with E-state index in [1.807, 2.05) is 25.3 Å². The fourth-order valence-electron chi connectivity index (χ4n) is 1.91. The minimum atomic E-state index is 0.590. The molecule has 0 radical (unpaired) electrons. The number of nitrogens with zero attached hydrogens (tertiary/aromatic N) is 1. The van der Waals surface area contributed by atoms with Gasteiger partial charge in [-0.2, -0.15) is 0 Å². The average Bonchev–Trinajstić information content (AvgIpc) is 2.83. The number of aromatic nitrogens is 1. The lowest BCUT2D eigenvalue weighted by Crippen LogP contribution is -2.19. The number of hydrogen-bond acceptors (Lipinski definition) is 4. The molecule has 1 heterocycles. The molecule has 2 aromatic rings. The molecule has 0 bridgehead atoms. The van der Waals surface area contributed by atoms with Crippen molar-refractivity contribution in [2.24, 2.45) is 5.92 Å². The third kappa shape index (κ3) is 4.62. The summed E-state index contributed by atoms with van der Waals surface area (Å²) in [5.41, 5.74) is 1.20. The van der Waals surface area contributed by atoms with E-state index >= 15 is 0 Å². The Hall–Kier alpha value is -1.39. The van der Waals surface area contributed by atoms with E-state index in [1.54, 1.807) is 11.3 Å². The fraction of sp³-hybridized carbons (Fsp3) is 0.438. The van der Waals surface area contributed by atoms with E-state index in [0.29, 0.717) is 12.5 Å². The Kier molecular flexibility index (Phi) is 5.56. The maximum atomic E-state index is 5.92. The number of benzene rings is 1. The van der Waals surface area contributed by atoms with Gasteiger partial charge in [-0.25, -0.2) is 4.98 Å². The van der Waals surface area contributed by atoms with Crippen molar-refractivity contribution in [3.05, 3.63) is 45.9 Å². The van der Waals surface area contributed by atoms with Gasteiger partial charge in [0.1, 0.15) is 12.4 Å². The molecule has 0 amide bonds. The molecule has 0 aliphatic rings. The quantitative estimate of drug-likeness (QED) is 0.842. The van der Waals surface area contributed by atoms with E-state index < -0.39 is 0 Å². The number of hydrogen-bond donors (Lipinski definition) is 1. The molecule has 1 aromatic heterocycles. The van der Waals surface area contributed by atoms with Crippen LogP contribution in [0.5, 0.6) is 5.75 Å². The topological polar surface area (TPSA) is 34.1 Å². The molecule has 3 nitrogen and oxygen atoms in total. The van der Waals surface area contributed by atoms with Gasteiger partial charge in [-0.05, 0) is 25.5 Å². The summed E-state index contributed by atoms with van der Waals surface area (Å²) in [4.78, 5) is 5.41. The zero-order valence-corrected chi connectivity index (χ0v) is 13.2. The van der Waals surface area contributed by atoms with Crippen molar-refractivity contribution in [3.8, 4) is 5.75 Å². The summed E-state index contributed by atoms with van der Waals surface area (Å²) in [6.45, 7) is 8.88. The minimum Gasteiger partial charge on any atom is -0.488 e. The number of ether oxygens (including phenoxy) is 1. The van der Waals surface area contributed by atoms with Crippen LogP contribution in [-0.2, 0) is 13.2 Å². The van der Waals surface area contributed by atoms with Crippen molar-refractivity contribution in [3.63, 3.8) is 0 Å². The summed E-state index contributed by atoms with van der Waals surface area (Å²) in [5, 5.41) is 4.53. The second-order valence-electron chi connectivity index (χ2n) is 5.27. The molecule has 0 aliphatic heterocycles. The van der Waals surface area contributed by atoms with Gasteiger partial charge in [0.25, 0.3) is 0 Å². The van der Waals surface area contributed by atoms with Crippen LogP contribution in [0.15, 0.2) is 30.5 Å². The maximum absolute atomic E-state index is 5.92. The van der Waals surface area contributed by atoms with Gasteiger partial charge < -0.3 is 10.1 Å². The predicted molar refractivity (Wildman–Crippen MR) is 84.2 cm³/mol. The van der Waals surface area contributed by atoms with E-state index in [0.717, 1.165) is 28.7 Å². The summed E-state index contributed by atoms with van der Waals surface area (Å²) in [5.74, 6) is 1.61. The van der Waals surface area contributed by atoms with Gasteiger partial charge in [-0.1, -0.05) is 32.0 Å². The molecule has 4 heteroatoms. The second kappa shape index (κ2) is 7.41. The first-order valence-electron chi connectivity index (χ1n) is 6.98. The van der Waals surface area contributed by atoms with Crippen LogP contribution in [0.2, 0.25) is 0 Å². The lowest BCUT2D eigenvalue weighted by molar-refractivity contribution is 0.305. The Morgan fingerprint density at radius 3 is 2.80 bits per heavy atom. The molecule has 108 valence electrons. The molecule has 20 heavy (non-hydrogen) atoms. The van der Waals surface area contributed by atoms with Gasteiger partial charge in [0.05, 0.1) is 9.88 Å². The molecule has 0 saturated carbocycles. The van der Waals surface area contributed by atoms with Crippen LogP contribution in [0.4, 0.5) is 0 Å². The van der Waals surface area contributed by atoms with Crippen LogP contribution < -0.4 is 10.1 Å². The van der Waals surface area contributed by atoms with E-state index in [1.165, 1.54) is 5.56 Å². The molecule has 1 N–H and O–H groups in total. The number of rotatable bonds is 7. The molecule has 0 saturated heterocycles. The second-order valence-corrected chi connectivity index (χ2v) is 6.59. The molecule has 0 fully saturated rings. The summed E-state index contributed by atoms with van der Waals surface area (Å²) < 4.78 is 5.92. The number of nitrogens with one attached hydrogen (secondary N) is 1. The molecule has 2 rings (SSSR count). The molecule has 1 aromatic carbocycles. The molecule has 0 atom stereocenters. The lowest BCUT2D eigenvalue weighted by Gasteiger charge is -2.12. The van der Waals surface area contributed by atoms with Gasteiger partial charge in [0, 0.05) is 18.3 Å². The van der Waals surface area contributed by atoms with Crippen molar-refractivity contribution in [2.75, 3.05) is 6.54 Å². The first kappa shape index (κ1) is 15.0. The number of thiazole rings is 1. The standard InChI is InChI=1S/C16H22N2OS/c1-12(2)8-17-9-14-6-4-5-7-16(14)19-11-15-10-18-13(3)20-15/h4-7,10,12,17H,8-9,11H2,1-3H3. The molecule has 0 unspecified atom stereocenters. The van der Waals surface area contributed by atoms with Gasteiger partial charge in [-0.15, -0.1) is 11.3 Å². The number of para-hydroxylation sites is 1. The van der Waals surface area contributed by atoms with Gasteiger partial charge in [-0.3, -0.25) is 0 Å². The first-order valence-corrected chi connectivity index (χ1v) is 7.79. The van der Waals surface area contributed by atoms with E-state index in [2.05, 4.69) is 36.3 Å².